The lowest BCUT2D eigenvalue weighted by Gasteiger charge is -2.25. The van der Waals surface area contributed by atoms with Gasteiger partial charge in [-0.1, -0.05) is 11.6 Å². The largest absolute Gasteiger partial charge is 0.444 e. The van der Waals surface area contributed by atoms with E-state index in [4.69, 9.17) is 21.1 Å². The lowest BCUT2D eigenvalue weighted by atomic mass is 10.1. The van der Waals surface area contributed by atoms with Crippen molar-refractivity contribution in [1.82, 2.24) is 15.3 Å². The molecule has 1 saturated heterocycles. The van der Waals surface area contributed by atoms with E-state index in [1.54, 1.807) is 20.8 Å². The average Bonchev–Trinajstić information content (AvgIpc) is 3.13. The van der Waals surface area contributed by atoms with E-state index in [2.05, 4.69) is 15.3 Å². The molecule has 2 N–H and O–H groups in total. The first-order valence-electron chi connectivity index (χ1n) is 13.2. The molecule has 12 heteroatoms. The van der Waals surface area contributed by atoms with Crippen LogP contribution in [0.5, 0.6) is 0 Å². The number of amides is 2. The molecule has 1 aliphatic heterocycles. The van der Waals surface area contributed by atoms with E-state index < -0.39 is 35.0 Å². The van der Waals surface area contributed by atoms with Gasteiger partial charge in [-0.3, -0.25) is 4.90 Å². The van der Waals surface area contributed by atoms with Gasteiger partial charge in [0.15, 0.2) is 11.6 Å². The van der Waals surface area contributed by atoms with Crippen molar-refractivity contribution >= 4 is 57.1 Å². The first-order chi connectivity index (χ1) is 18.5. The summed E-state index contributed by atoms with van der Waals surface area (Å²) in [5.74, 6) is -2.19. The monoisotopic (exact) mass is 577 g/mol. The van der Waals surface area contributed by atoms with Gasteiger partial charge in [0, 0.05) is 37.7 Å². The van der Waals surface area contributed by atoms with Crippen LogP contribution in [-0.4, -0.2) is 59.5 Å². The number of aromatic amines is 1. The van der Waals surface area contributed by atoms with Crippen LogP contribution in [0.2, 0.25) is 5.02 Å². The summed E-state index contributed by atoms with van der Waals surface area (Å²) in [6.07, 6.45) is 1.83. The Labute approximate surface area is 236 Å². The van der Waals surface area contributed by atoms with E-state index in [1.807, 2.05) is 25.7 Å². The lowest BCUT2D eigenvalue weighted by molar-refractivity contribution is 0.0515. The first kappa shape index (κ1) is 28.2. The zero-order valence-corrected chi connectivity index (χ0v) is 24.4. The third-order valence-corrected chi connectivity index (χ3v) is 7.59. The Hall–Kier alpha value is -3.34. The van der Waals surface area contributed by atoms with Crippen molar-refractivity contribution in [2.24, 2.45) is 5.41 Å². The highest BCUT2D eigenvalue weighted by Crippen LogP contribution is 2.55. The maximum atomic E-state index is 15.5. The summed E-state index contributed by atoms with van der Waals surface area (Å²) in [7, 11) is 1.43. The normalized spacial score (nSPS) is 20.9. The number of benzene rings is 1. The van der Waals surface area contributed by atoms with E-state index in [-0.39, 0.29) is 33.1 Å². The van der Waals surface area contributed by atoms with E-state index in [1.165, 1.54) is 13.2 Å². The predicted molar refractivity (Wildman–Crippen MR) is 150 cm³/mol. The SMILES string of the molecule is CN(C(=O)OC(C)(C)C)c1cc(F)c(F)c2c1[nH]c1ncc(Cl)c(N3CCC4(C[C@H]4NC(=O)OC(C)(C)C)C3)c12. The Balaban J connectivity index is 1.52. The van der Waals surface area contributed by atoms with Gasteiger partial charge < -0.3 is 24.7 Å². The van der Waals surface area contributed by atoms with Gasteiger partial charge in [0.05, 0.1) is 38.9 Å². The number of carbonyl (C=O) groups is 2. The summed E-state index contributed by atoms with van der Waals surface area (Å²) in [6, 6.07) is 0.898. The van der Waals surface area contributed by atoms with Crippen LogP contribution in [0.1, 0.15) is 54.4 Å². The molecular formula is C28H34ClF2N5O4. The molecule has 40 heavy (non-hydrogen) atoms. The summed E-state index contributed by atoms with van der Waals surface area (Å²) in [5.41, 5.74) is -0.432. The van der Waals surface area contributed by atoms with E-state index in [9.17, 15) is 9.59 Å². The van der Waals surface area contributed by atoms with Gasteiger partial charge in [0.2, 0.25) is 0 Å². The number of alkyl carbamates (subject to hydrolysis) is 1. The fourth-order valence-corrected chi connectivity index (χ4v) is 5.71. The van der Waals surface area contributed by atoms with Gasteiger partial charge >= 0.3 is 12.2 Å². The maximum Gasteiger partial charge on any atom is 0.414 e. The molecule has 0 bridgehead atoms. The summed E-state index contributed by atoms with van der Waals surface area (Å²) in [4.78, 5) is 35.7. The molecule has 5 rings (SSSR count). The van der Waals surface area contributed by atoms with Crippen LogP contribution in [-0.2, 0) is 9.47 Å². The van der Waals surface area contributed by atoms with Crippen molar-refractivity contribution < 1.29 is 27.8 Å². The van der Waals surface area contributed by atoms with E-state index in [0.717, 1.165) is 23.8 Å². The second kappa shape index (κ2) is 9.36. The summed E-state index contributed by atoms with van der Waals surface area (Å²) in [5, 5.41) is 3.52. The van der Waals surface area contributed by atoms with Crippen LogP contribution in [0.3, 0.4) is 0 Å². The number of nitrogens with zero attached hydrogens (tertiary/aromatic N) is 3. The molecule has 1 saturated carbocycles. The molecule has 1 unspecified atom stereocenters. The zero-order chi connectivity index (χ0) is 29.4. The zero-order valence-electron chi connectivity index (χ0n) is 23.7. The highest BCUT2D eigenvalue weighted by atomic mass is 35.5. The number of hydrogen-bond donors (Lipinski definition) is 2. The number of hydrogen-bond acceptors (Lipinski definition) is 6. The average molecular weight is 578 g/mol. The number of H-pyrrole nitrogens is 1. The molecule has 2 aliphatic rings. The molecule has 9 nitrogen and oxygen atoms in total. The minimum atomic E-state index is -1.12. The molecular weight excluding hydrogens is 544 g/mol. The molecule has 1 spiro atoms. The molecule has 3 heterocycles. The molecule has 1 aromatic carbocycles. The maximum absolute atomic E-state index is 15.5. The number of halogens is 3. The van der Waals surface area contributed by atoms with Crippen molar-refractivity contribution in [3.05, 3.63) is 28.9 Å². The molecule has 2 amide bonds. The highest BCUT2D eigenvalue weighted by molar-refractivity contribution is 6.36. The highest BCUT2D eigenvalue weighted by Gasteiger charge is 2.58. The second-order valence-electron chi connectivity index (χ2n) is 12.7. The van der Waals surface area contributed by atoms with Gasteiger partial charge in [0.1, 0.15) is 16.8 Å². The number of rotatable bonds is 3. The minimum absolute atomic E-state index is 0.0504. The molecule has 3 aromatic rings. The third-order valence-electron chi connectivity index (χ3n) is 7.31. The molecule has 216 valence electrons. The van der Waals surface area contributed by atoms with Crippen LogP contribution in [0.15, 0.2) is 12.3 Å². The first-order valence-corrected chi connectivity index (χ1v) is 13.6. The standard InChI is InChI=1S/C28H34ClF2N5O4/c1-26(2,3)39-24(37)33-17-11-28(17)8-9-36(13-28)22-14(29)12-32-23-19(22)18-20(31)15(30)10-16(21(18)34-23)35(7)25(38)40-27(4,5)6/h10,12,17H,8-9,11,13H2,1-7H3,(H,32,34)(H,33,37)/t17-,28?/m1/s1. The van der Waals surface area contributed by atoms with Crippen LogP contribution in [0.4, 0.5) is 29.7 Å². The predicted octanol–water partition coefficient (Wildman–Crippen LogP) is 6.51. The number of fused-ring (bicyclic) bond motifs is 3. The van der Waals surface area contributed by atoms with Crippen molar-refractivity contribution in [1.29, 1.82) is 0 Å². The van der Waals surface area contributed by atoms with Gasteiger partial charge in [-0.25, -0.2) is 23.4 Å². The minimum Gasteiger partial charge on any atom is -0.444 e. The molecule has 2 aromatic heterocycles. The molecule has 2 fully saturated rings. The number of anilines is 2. The number of pyridine rings is 1. The Bertz CT molecular complexity index is 1530. The van der Waals surface area contributed by atoms with Crippen molar-refractivity contribution in [3.8, 4) is 0 Å². The van der Waals surface area contributed by atoms with E-state index in [0.29, 0.717) is 29.8 Å². The number of nitrogens with one attached hydrogen (secondary N) is 2. The molecule has 0 radical (unpaired) electrons. The van der Waals surface area contributed by atoms with Crippen LogP contribution in [0, 0.1) is 17.0 Å². The Morgan fingerprint density at radius 2 is 1.85 bits per heavy atom. The fourth-order valence-electron chi connectivity index (χ4n) is 5.44. The molecule has 1 aliphatic carbocycles. The summed E-state index contributed by atoms with van der Waals surface area (Å²) < 4.78 is 41.4. The van der Waals surface area contributed by atoms with Crippen LogP contribution in [0.25, 0.3) is 21.9 Å². The topological polar surface area (TPSA) is 99.8 Å². The van der Waals surface area contributed by atoms with Crippen molar-refractivity contribution in [2.45, 2.75) is 71.6 Å². The van der Waals surface area contributed by atoms with Gasteiger partial charge in [-0.2, -0.15) is 0 Å². The smallest absolute Gasteiger partial charge is 0.414 e. The van der Waals surface area contributed by atoms with Gasteiger partial charge in [0.25, 0.3) is 0 Å². The van der Waals surface area contributed by atoms with E-state index >= 15 is 8.78 Å². The fraction of sp³-hybridized carbons (Fsp3) is 0.536. The van der Waals surface area contributed by atoms with Crippen LogP contribution < -0.4 is 15.1 Å². The number of ether oxygens (including phenoxy) is 2. The second-order valence-corrected chi connectivity index (χ2v) is 13.1. The molecule has 2 atom stereocenters. The Kier molecular flexibility index (Phi) is 6.60. The van der Waals surface area contributed by atoms with Crippen molar-refractivity contribution in [3.63, 3.8) is 0 Å². The van der Waals surface area contributed by atoms with Crippen LogP contribution >= 0.6 is 11.6 Å². The summed E-state index contributed by atoms with van der Waals surface area (Å²) in [6.45, 7) is 11.7. The number of carbonyl (C=O) groups excluding carboxylic acids is 2. The van der Waals surface area contributed by atoms with Crippen molar-refractivity contribution in [2.75, 3.05) is 29.9 Å². The number of aromatic nitrogens is 2. The van der Waals surface area contributed by atoms with Gasteiger partial charge in [-0.05, 0) is 54.4 Å². The lowest BCUT2D eigenvalue weighted by Crippen LogP contribution is -2.36. The quantitative estimate of drug-likeness (QED) is 0.368. The summed E-state index contributed by atoms with van der Waals surface area (Å²) >= 11 is 6.66. The third kappa shape index (κ3) is 5.11. The Morgan fingerprint density at radius 1 is 1.18 bits per heavy atom. The van der Waals surface area contributed by atoms with Gasteiger partial charge in [-0.15, -0.1) is 0 Å². The Morgan fingerprint density at radius 3 is 2.50 bits per heavy atom.